The fraction of sp³-hybridized carbons (Fsp3) is 0.471. The molecule has 1 unspecified atom stereocenters. The second-order valence-electron chi connectivity index (χ2n) is 6.33. The first-order valence-electron chi connectivity index (χ1n) is 8.28. The van der Waals surface area contributed by atoms with Crippen LogP contribution in [0.25, 0.3) is 0 Å². The minimum absolute atomic E-state index is 0.314. The summed E-state index contributed by atoms with van der Waals surface area (Å²) in [5.74, 6) is -0.258. The average Bonchev–Trinajstić information content (AvgIpc) is 3.15. The molecule has 126 valence electrons. The first kappa shape index (κ1) is 15.0. The molecule has 4 rings (SSSR count). The Balaban J connectivity index is 1.67. The maximum atomic E-state index is 12.9. The van der Waals surface area contributed by atoms with Crippen molar-refractivity contribution in [2.24, 2.45) is 0 Å². The number of carboxylic acids is 1. The third-order valence-electron chi connectivity index (χ3n) is 4.79. The third kappa shape index (κ3) is 2.31. The second-order valence-corrected chi connectivity index (χ2v) is 6.33. The zero-order valence-corrected chi connectivity index (χ0v) is 13.4. The van der Waals surface area contributed by atoms with Gasteiger partial charge < -0.3 is 14.4 Å². The van der Waals surface area contributed by atoms with Gasteiger partial charge in [0.1, 0.15) is 5.76 Å². The van der Waals surface area contributed by atoms with Gasteiger partial charge in [-0.1, -0.05) is 0 Å². The minimum Gasteiger partial charge on any atom is -0.479 e. The number of amides is 1. The Kier molecular flexibility index (Phi) is 3.44. The molecule has 0 aromatic carbocycles. The molecule has 1 aliphatic carbocycles. The van der Waals surface area contributed by atoms with Crippen molar-refractivity contribution in [3.8, 4) is 0 Å². The molecular weight excluding hydrogens is 310 g/mol. The predicted molar refractivity (Wildman–Crippen MR) is 83.7 cm³/mol. The Morgan fingerprint density at radius 1 is 1.42 bits per heavy atom. The number of nitrogens with zero attached hydrogens (tertiary/aromatic N) is 3. The van der Waals surface area contributed by atoms with E-state index in [-0.39, 0.29) is 5.91 Å². The molecule has 1 saturated carbocycles. The molecule has 0 saturated heterocycles. The van der Waals surface area contributed by atoms with Gasteiger partial charge in [-0.15, -0.1) is 0 Å². The zero-order chi connectivity index (χ0) is 16.8. The molecule has 3 heterocycles. The molecule has 1 N–H and O–H groups in total. The van der Waals surface area contributed by atoms with Crippen LogP contribution in [0.3, 0.4) is 0 Å². The van der Waals surface area contributed by atoms with Crippen LogP contribution in [0, 0.1) is 0 Å². The molecule has 2 aromatic rings. The van der Waals surface area contributed by atoms with E-state index in [4.69, 9.17) is 4.42 Å². The summed E-state index contributed by atoms with van der Waals surface area (Å²) in [5, 5.41) is 14.0. The van der Waals surface area contributed by atoms with Crippen LogP contribution in [0.5, 0.6) is 0 Å². The van der Waals surface area contributed by atoms with Crippen molar-refractivity contribution in [1.82, 2.24) is 14.7 Å². The molecule has 0 spiro atoms. The average molecular weight is 329 g/mol. The molecule has 1 aliphatic heterocycles. The maximum absolute atomic E-state index is 12.9. The second kappa shape index (κ2) is 5.51. The smallest absolute Gasteiger partial charge is 0.331 e. The van der Waals surface area contributed by atoms with Gasteiger partial charge in [0.15, 0.2) is 11.7 Å². The first-order valence-corrected chi connectivity index (χ1v) is 8.28. The lowest BCUT2D eigenvalue weighted by Crippen LogP contribution is -2.43. The summed E-state index contributed by atoms with van der Waals surface area (Å²) in [6.45, 7) is 3.01. The lowest BCUT2D eigenvalue weighted by Gasteiger charge is -2.31. The van der Waals surface area contributed by atoms with E-state index >= 15 is 0 Å². The van der Waals surface area contributed by atoms with Crippen LogP contribution in [0.2, 0.25) is 0 Å². The van der Waals surface area contributed by atoms with Crippen LogP contribution in [0.4, 0.5) is 0 Å². The molecule has 0 bridgehead atoms. The van der Waals surface area contributed by atoms with Gasteiger partial charge in [-0.25, -0.2) is 4.79 Å². The van der Waals surface area contributed by atoms with Gasteiger partial charge in [-0.3, -0.25) is 9.48 Å². The molecule has 1 fully saturated rings. The van der Waals surface area contributed by atoms with Crippen molar-refractivity contribution in [2.75, 3.05) is 6.54 Å². The largest absolute Gasteiger partial charge is 0.479 e. The minimum atomic E-state index is -1.05. The van der Waals surface area contributed by atoms with Crippen LogP contribution in [0.15, 0.2) is 22.8 Å². The molecule has 0 radical (unpaired) electrons. The first-order chi connectivity index (χ1) is 11.6. The van der Waals surface area contributed by atoms with Crippen molar-refractivity contribution in [3.05, 3.63) is 41.1 Å². The van der Waals surface area contributed by atoms with E-state index < -0.39 is 12.0 Å². The topological polar surface area (TPSA) is 88.6 Å². The molecular formula is C17H19N3O4. The normalized spacial score (nSPS) is 20.0. The number of aromatic nitrogens is 2. The number of fused-ring (bicyclic) bond motifs is 1. The molecule has 7 heteroatoms. The van der Waals surface area contributed by atoms with E-state index in [9.17, 15) is 14.7 Å². The van der Waals surface area contributed by atoms with Gasteiger partial charge in [-0.2, -0.15) is 5.10 Å². The predicted octanol–water partition coefficient (Wildman–Crippen LogP) is 2.20. The number of rotatable bonds is 4. The molecule has 2 aromatic heterocycles. The highest BCUT2D eigenvalue weighted by atomic mass is 16.4. The van der Waals surface area contributed by atoms with E-state index in [1.165, 1.54) is 11.2 Å². The molecule has 1 amide bonds. The summed E-state index contributed by atoms with van der Waals surface area (Å²) < 4.78 is 7.18. The van der Waals surface area contributed by atoms with E-state index in [0.717, 1.165) is 18.5 Å². The number of furan rings is 1. The van der Waals surface area contributed by atoms with E-state index in [1.807, 2.05) is 17.7 Å². The highest BCUT2D eigenvalue weighted by Crippen LogP contribution is 2.40. The summed E-state index contributed by atoms with van der Waals surface area (Å²) in [6.07, 6.45) is 4.24. The molecule has 7 nitrogen and oxygen atoms in total. The summed E-state index contributed by atoms with van der Waals surface area (Å²) in [6, 6.07) is 2.44. The standard InChI is InChI=1S/C17H19N3O4/c1-2-20-13(10-3-4-10)9-12(18-20)16(21)19-7-5-14-11(6-8-24-14)15(19)17(22)23/h6,8-10,15H,2-5,7H2,1H3,(H,22,23). The van der Waals surface area contributed by atoms with Crippen LogP contribution in [0.1, 0.15) is 59.2 Å². The maximum Gasteiger partial charge on any atom is 0.331 e. The van der Waals surface area contributed by atoms with Crippen molar-refractivity contribution in [3.63, 3.8) is 0 Å². The molecule has 2 aliphatic rings. The Morgan fingerprint density at radius 3 is 2.88 bits per heavy atom. The zero-order valence-electron chi connectivity index (χ0n) is 13.4. The van der Waals surface area contributed by atoms with Crippen molar-refractivity contribution >= 4 is 11.9 Å². The Morgan fingerprint density at radius 2 is 2.21 bits per heavy atom. The van der Waals surface area contributed by atoms with E-state index in [2.05, 4.69) is 5.10 Å². The summed E-state index contributed by atoms with van der Waals surface area (Å²) in [4.78, 5) is 26.1. The monoisotopic (exact) mass is 329 g/mol. The Labute approximate surface area is 138 Å². The van der Waals surface area contributed by atoms with Gasteiger partial charge in [0.25, 0.3) is 5.91 Å². The van der Waals surface area contributed by atoms with E-state index in [0.29, 0.717) is 42.4 Å². The number of aliphatic carboxylic acids is 1. The lowest BCUT2D eigenvalue weighted by atomic mass is 9.99. The summed E-state index contributed by atoms with van der Waals surface area (Å²) in [5.41, 5.74) is 1.96. The third-order valence-corrected chi connectivity index (χ3v) is 4.79. The number of hydrogen-bond donors (Lipinski definition) is 1. The molecule has 1 atom stereocenters. The SMILES string of the molecule is CCn1nc(C(=O)N2CCc3occc3C2C(=O)O)cc1C1CC1. The van der Waals surface area contributed by atoms with Gasteiger partial charge >= 0.3 is 5.97 Å². The molecule has 24 heavy (non-hydrogen) atoms. The van der Waals surface area contributed by atoms with Gasteiger partial charge in [0, 0.05) is 36.7 Å². The van der Waals surface area contributed by atoms with Gasteiger partial charge in [0.2, 0.25) is 0 Å². The Bertz CT molecular complexity index is 803. The number of carbonyl (C=O) groups is 2. The number of hydrogen-bond acceptors (Lipinski definition) is 4. The number of carbonyl (C=O) groups excluding carboxylic acids is 1. The Hall–Kier alpha value is -2.57. The van der Waals surface area contributed by atoms with Crippen molar-refractivity contribution in [1.29, 1.82) is 0 Å². The van der Waals surface area contributed by atoms with Crippen molar-refractivity contribution in [2.45, 2.75) is 44.7 Å². The van der Waals surface area contributed by atoms with Crippen LogP contribution in [-0.2, 0) is 17.8 Å². The fourth-order valence-electron chi connectivity index (χ4n) is 3.45. The van der Waals surface area contributed by atoms with Crippen LogP contribution >= 0.6 is 0 Å². The van der Waals surface area contributed by atoms with Crippen molar-refractivity contribution < 1.29 is 19.1 Å². The van der Waals surface area contributed by atoms with Crippen LogP contribution < -0.4 is 0 Å². The fourth-order valence-corrected chi connectivity index (χ4v) is 3.45. The lowest BCUT2D eigenvalue weighted by molar-refractivity contribution is -0.143. The van der Waals surface area contributed by atoms with E-state index in [1.54, 1.807) is 6.07 Å². The quantitative estimate of drug-likeness (QED) is 0.929. The summed E-state index contributed by atoms with van der Waals surface area (Å²) >= 11 is 0. The van der Waals surface area contributed by atoms with Gasteiger partial charge in [0.05, 0.1) is 6.26 Å². The highest BCUT2D eigenvalue weighted by molar-refractivity contribution is 5.95. The number of aryl methyl sites for hydroxylation is 1. The van der Waals surface area contributed by atoms with Crippen LogP contribution in [-0.4, -0.2) is 38.2 Å². The number of carboxylic acid groups (broad SMARTS) is 1. The summed E-state index contributed by atoms with van der Waals surface area (Å²) in [7, 11) is 0. The highest BCUT2D eigenvalue weighted by Gasteiger charge is 2.39. The van der Waals surface area contributed by atoms with Gasteiger partial charge in [-0.05, 0) is 31.9 Å².